The predicted molar refractivity (Wildman–Crippen MR) is 54.0 cm³/mol. The largest absolute Gasteiger partial charge is 0.385 e. The first-order valence-corrected chi connectivity index (χ1v) is 5.30. The number of aryl methyl sites for hydroxylation is 1. The molecule has 0 aliphatic heterocycles. The second-order valence-electron chi connectivity index (χ2n) is 3.61. The van der Waals surface area contributed by atoms with Crippen molar-refractivity contribution in [2.24, 2.45) is 13.0 Å². The molecule has 5 heteroatoms. The van der Waals surface area contributed by atoms with Gasteiger partial charge in [0.25, 0.3) is 0 Å². The number of nitrogens with zero attached hydrogens (tertiary/aromatic N) is 2. The maximum Gasteiger partial charge on any atom is 0.210 e. The first kappa shape index (κ1) is 9.86. The third-order valence-electron chi connectivity index (χ3n) is 2.46. The van der Waals surface area contributed by atoms with E-state index in [9.17, 15) is 9.90 Å². The van der Waals surface area contributed by atoms with E-state index in [2.05, 4.69) is 21.0 Å². The van der Waals surface area contributed by atoms with Crippen molar-refractivity contribution in [3.05, 3.63) is 16.4 Å². The van der Waals surface area contributed by atoms with Crippen molar-refractivity contribution in [1.29, 1.82) is 0 Å². The van der Waals surface area contributed by atoms with Crippen molar-refractivity contribution in [3.63, 3.8) is 0 Å². The predicted octanol–water partition coefficient (Wildman–Crippen LogP) is 1.14. The molecular weight excluding hydrogens is 248 g/mol. The van der Waals surface area contributed by atoms with Crippen LogP contribution in [0.5, 0.6) is 0 Å². The second-order valence-corrected chi connectivity index (χ2v) is 4.47. The van der Waals surface area contributed by atoms with E-state index in [0.29, 0.717) is 10.2 Å². The van der Waals surface area contributed by atoms with Gasteiger partial charge < -0.3 is 5.11 Å². The molecule has 14 heavy (non-hydrogen) atoms. The number of rotatable bonds is 3. The molecule has 1 aromatic heterocycles. The van der Waals surface area contributed by atoms with Crippen LogP contribution in [0.1, 0.15) is 23.3 Å². The van der Waals surface area contributed by atoms with Crippen molar-refractivity contribution in [2.75, 3.05) is 0 Å². The van der Waals surface area contributed by atoms with E-state index in [-0.39, 0.29) is 11.7 Å². The maximum absolute atomic E-state index is 11.8. The minimum Gasteiger partial charge on any atom is -0.385 e. The Kier molecular flexibility index (Phi) is 2.45. The number of carbonyl (C=O) groups is 1. The molecule has 76 valence electrons. The zero-order valence-corrected chi connectivity index (χ0v) is 9.36. The zero-order valence-electron chi connectivity index (χ0n) is 7.77. The quantitative estimate of drug-likeness (QED) is 0.828. The molecule has 0 saturated heterocycles. The van der Waals surface area contributed by atoms with Gasteiger partial charge in [0.15, 0.2) is 0 Å². The fraction of sp³-hybridized carbons (Fsp3) is 0.556. The number of halogens is 1. The van der Waals surface area contributed by atoms with Crippen LogP contribution in [0.3, 0.4) is 0 Å². The lowest BCUT2D eigenvalue weighted by Gasteiger charge is -2.08. The summed E-state index contributed by atoms with van der Waals surface area (Å²) in [5, 5.41) is 13.6. The number of aliphatic hydroxyl groups excluding tert-OH is 1. The molecule has 0 aromatic carbocycles. The Morgan fingerprint density at radius 3 is 2.86 bits per heavy atom. The number of hydrogen-bond donors (Lipinski definition) is 1. The van der Waals surface area contributed by atoms with Crippen LogP contribution in [0.25, 0.3) is 0 Å². The highest BCUT2D eigenvalue weighted by atomic mass is 79.9. The standard InChI is InChI=1S/C9H11BrN2O2/c1-12-7(6(10)4-11-12)9(14)8(13)5-2-3-5/h4-5,8,13H,2-3H2,1H3. The van der Waals surface area contributed by atoms with Gasteiger partial charge in [-0.05, 0) is 34.7 Å². The topological polar surface area (TPSA) is 55.1 Å². The van der Waals surface area contributed by atoms with Gasteiger partial charge in [0.2, 0.25) is 5.78 Å². The molecule has 4 nitrogen and oxygen atoms in total. The van der Waals surface area contributed by atoms with Crippen LogP contribution in [0.4, 0.5) is 0 Å². The molecule has 1 unspecified atom stereocenters. The summed E-state index contributed by atoms with van der Waals surface area (Å²) in [6.07, 6.45) is 2.60. The van der Waals surface area contributed by atoms with Crippen molar-refractivity contribution in [1.82, 2.24) is 9.78 Å². The fourth-order valence-corrected chi connectivity index (χ4v) is 2.00. The minimum absolute atomic E-state index is 0.157. The third kappa shape index (κ3) is 1.62. The second kappa shape index (κ2) is 3.47. The van der Waals surface area contributed by atoms with Gasteiger partial charge in [0, 0.05) is 7.05 Å². The third-order valence-corrected chi connectivity index (χ3v) is 3.04. The van der Waals surface area contributed by atoms with Crippen LogP contribution in [-0.2, 0) is 7.05 Å². The van der Waals surface area contributed by atoms with Gasteiger partial charge in [0.05, 0.1) is 10.7 Å². The normalized spacial score (nSPS) is 18.2. The Hall–Kier alpha value is -0.680. The molecule has 1 aromatic rings. The number of ketones is 1. The highest BCUT2D eigenvalue weighted by Gasteiger charge is 2.36. The van der Waals surface area contributed by atoms with Crippen LogP contribution >= 0.6 is 15.9 Å². The Morgan fingerprint density at radius 1 is 1.79 bits per heavy atom. The highest BCUT2D eigenvalue weighted by Crippen LogP contribution is 2.34. The number of aromatic nitrogens is 2. The molecule has 1 aliphatic rings. The summed E-state index contributed by atoms with van der Waals surface area (Å²) in [6.45, 7) is 0. The van der Waals surface area contributed by atoms with Gasteiger partial charge in [-0.1, -0.05) is 0 Å². The summed E-state index contributed by atoms with van der Waals surface area (Å²) in [6, 6.07) is 0. The van der Waals surface area contributed by atoms with Crippen molar-refractivity contribution < 1.29 is 9.90 Å². The van der Waals surface area contributed by atoms with Crippen molar-refractivity contribution in [2.45, 2.75) is 18.9 Å². The van der Waals surface area contributed by atoms with Gasteiger partial charge in [-0.3, -0.25) is 9.48 Å². The zero-order chi connectivity index (χ0) is 10.3. The molecule has 1 heterocycles. The first-order valence-electron chi connectivity index (χ1n) is 4.51. The molecule has 1 atom stereocenters. The molecule has 1 aliphatic carbocycles. The van der Waals surface area contributed by atoms with Crippen molar-refractivity contribution in [3.8, 4) is 0 Å². The molecular formula is C9H11BrN2O2. The number of carbonyl (C=O) groups excluding carboxylic acids is 1. The highest BCUT2D eigenvalue weighted by molar-refractivity contribution is 9.10. The van der Waals surface area contributed by atoms with Crippen molar-refractivity contribution >= 4 is 21.7 Å². The van der Waals surface area contributed by atoms with E-state index in [1.165, 1.54) is 4.68 Å². The Labute approximate surface area is 90.0 Å². The monoisotopic (exact) mass is 258 g/mol. The van der Waals surface area contributed by atoms with E-state index < -0.39 is 6.10 Å². The average Bonchev–Trinajstić information content (AvgIpc) is 2.92. The molecule has 2 rings (SSSR count). The molecule has 0 bridgehead atoms. The Morgan fingerprint density at radius 2 is 2.43 bits per heavy atom. The summed E-state index contributed by atoms with van der Waals surface area (Å²) in [4.78, 5) is 11.8. The van der Waals surface area contributed by atoms with E-state index in [1.807, 2.05) is 0 Å². The molecule has 1 N–H and O–H groups in total. The molecule has 1 fully saturated rings. The minimum atomic E-state index is -0.860. The van der Waals surface area contributed by atoms with Gasteiger partial charge in [-0.2, -0.15) is 5.10 Å². The fourth-order valence-electron chi connectivity index (χ4n) is 1.45. The van der Waals surface area contributed by atoms with Gasteiger partial charge >= 0.3 is 0 Å². The Balaban J connectivity index is 2.25. The van der Waals surface area contributed by atoms with Crippen LogP contribution in [0, 0.1) is 5.92 Å². The van der Waals surface area contributed by atoms with Crippen LogP contribution < -0.4 is 0 Å². The van der Waals surface area contributed by atoms with E-state index in [4.69, 9.17) is 0 Å². The summed E-state index contributed by atoms with van der Waals surface area (Å²) in [7, 11) is 1.69. The summed E-state index contributed by atoms with van der Waals surface area (Å²) >= 11 is 3.24. The lowest BCUT2D eigenvalue weighted by molar-refractivity contribution is 0.0692. The number of aliphatic hydroxyl groups is 1. The lowest BCUT2D eigenvalue weighted by Crippen LogP contribution is -2.25. The summed E-state index contributed by atoms with van der Waals surface area (Å²) in [5.74, 6) is -0.0799. The maximum atomic E-state index is 11.8. The van der Waals surface area contributed by atoms with Crippen LogP contribution in [-0.4, -0.2) is 26.8 Å². The molecule has 0 spiro atoms. The molecule has 1 saturated carbocycles. The SMILES string of the molecule is Cn1ncc(Br)c1C(=O)C(O)C1CC1. The number of Topliss-reactive ketones (excluding diaryl/α,β-unsaturated/α-hetero) is 1. The van der Waals surface area contributed by atoms with E-state index in [1.54, 1.807) is 13.2 Å². The van der Waals surface area contributed by atoms with E-state index >= 15 is 0 Å². The number of hydrogen-bond acceptors (Lipinski definition) is 3. The average molecular weight is 259 g/mol. The summed E-state index contributed by atoms with van der Waals surface area (Å²) < 4.78 is 2.13. The van der Waals surface area contributed by atoms with Crippen LogP contribution in [0.2, 0.25) is 0 Å². The lowest BCUT2D eigenvalue weighted by atomic mass is 10.1. The molecule has 0 amide bonds. The first-order chi connectivity index (χ1) is 6.61. The van der Waals surface area contributed by atoms with Gasteiger partial charge in [-0.15, -0.1) is 0 Å². The van der Waals surface area contributed by atoms with E-state index in [0.717, 1.165) is 12.8 Å². The molecule has 0 radical (unpaired) electrons. The van der Waals surface area contributed by atoms with Crippen LogP contribution in [0.15, 0.2) is 10.7 Å². The van der Waals surface area contributed by atoms with Gasteiger partial charge in [0.1, 0.15) is 11.8 Å². The smallest absolute Gasteiger partial charge is 0.210 e. The Bertz CT molecular complexity index is 351. The summed E-state index contributed by atoms with van der Waals surface area (Å²) in [5.41, 5.74) is 0.449. The van der Waals surface area contributed by atoms with Gasteiger partial charge in [-0.25, -0.2) is 0 Å².